The Labute approximate surface area is 256 Å². The van der Waals surface area contributed by atoms with E-state index in [2.05, 4.69) is 14.6 Å². The van der Waals surface area contributed by atoms with E-state index in [1.165, 1.54) is 12.1 Å². The molecule has 0 amide bonds. The van der Waals surface area contributed by atoms with E-state index in [0.29, 0.717) is 26.1 Å². The van der Waals surface area contributed by atoms with E-state index in [4.69, 9.17) is 14.0 Å². The molecule has 0 spiro atoms. The van der Waals surface area contributed by atoms with Gasteiger partial charge >= 0.3 is 16.1 Å². The predicted molar refractivity (Wildman–Crippen MR) is 155 cm³/mol. The maximum absolute atomic E-state index is 14.4. The van der Waals surface area contributed by atoms with Crippen LogP contribution in [0.4, 0.5) is 17.6 Å². The number of nitrogens with one attached hydrogen (secondary N) is 1. The number of esters is 1. The molecule has 1 aliphatic heterocycles. The number of ether oxygens (including phenoxy) is 3. The number of rotatable bonds is 9. The first kappa shape index (κ1) is 32.4. The number of likely N-dealkylation sites (tertiary alicyclic amines) is 1. The molecule has 1 saturated heterocycles. The largest absolute Gasteiger partial charge is 0.496 e. The van der Waals surface area contributed by atoms with Crippen LogP contribution in [-0.2, 0) is 21.4 Å². The molecule has 0 aliphatic carbocycles. The Hall–Kier alpha value is -3.98. The summed E-state index contributed by atoms with van der Waals surface area (Å²) in [6, 6.07) is 9.77. The molecule has 1 fully saturated rings. The fraction of sp³-hybridized carbons (Fsp3) is 0.323. The van der Waals surface area contributed by atoms with Crippen LogP contribution in [0, 0.1) is 30.2 Å². The topological polar surface area (TPSA) is 118 Å². The summed E-state index contributed by atoms with van der Waals surface area (Å²) in [6.45, 7) is 5.69. The second kappa shape index (κ2) is 12.8. The third kappa shape index (κ3) is 6.27. The molecular formula is C31H30F4N2O7S. The van der Waals surface area contributed by atoms with Gasteiger partial charge in [0.15, 0.2) is 16.5 Å². The standard InChI is InChI=1S/C31H30F4N2O7S/c1-4-43-19-10-12-37(15-21-20-9-11-36-28(20)16(2)13-23(21)42-3)22(14-19)17-5-7-18(8-6-17)31(38)44-29-24(32)26(34)30(45(39,40)41)27(35)25(29)33/h5-9,11,13,19,22,36H,4,10,12,14-15H2,1-3H3,(H,39,40,41). The lowest BCUT2D eigenvalue weighted by Crippen LogP contribution is -2.39. The molecule has 0 radical (unpaired) electrons. The highest BCUT2D eigenvalue weighted by Gasteiger charge is 2.35. The molecule has 240 valence electrons. The van der Waals surface area contributed by atoms with Crippen molar-refractivity contribution in [3.63, 3.8) is 0 Å². The zero-order valence-electron chi connectivity index (χ0n) is 24.5. The van der Waals surface area contributed by atoms with Crippen molar-refractivity contribution in [3.8, 4) is 11.5 Å². The van der Waals surface area contributed by atoms with Gasteiger partial charge in [0.25, 0.3) is 0 Å². The van der Waals surface area contributed by atoms with Crippen molar-refractivity contribution >= 4 is 27.0 Å². The molecule has 1 aliphatic rings. The molecule has 0 saturated carbocycles. The Balaban J connectivity index is 1.43. The predicted octanol–water partition coefficient (Wildman–Crippen LogP) is 6.25. The number of hydrogen-bond donors (Lipinski definition) is 2. The van der Waals surface area contributed by atoms with E-state index in [1.54, 1.807) is 19.2 Å². The summed E-state index contributed by atoms with van der Waals surface area (Å²) < 4.78 is 105. The molecule has 0 bridgehead atoms. The van der Waals surface area contributed by atoms with Crippen LogP contribution >= 0.6 is 0 Å². The molecule has 14 heteroatoms. The van der Waals surface area contributed by atoms with Crippen LogP contribution in [0.2, 0.25) is 0 Å². The first-order valence-corrected chi connectivity index (χ1v) is 15.4. The molecule has 45 heavy (non-hydrogen) atoms. The van der Waals surface area contributed by atoms with Crippen LogP contribution in [0.3, 0.4) is 0 Å². The number of aromatic amines is 1. The smallest absolute Gasteiger partial charge is 0.343 e. The van der Waals surface area contributed by atoms with Gasteiger partial charge in [-0.1, -0.05) is 12.1 Å². The summed E-state index contributed by atoms with van der Waals surface area (Å²) in [5.74, 6) is -11.8. The van der Waals surface area contributed by atoms with Crippen LogP contribution < -0.4 is 9.47 Å². The van der Waals surface area contributed by atoms with E-state index in [1.807, 2.05) is 32.2 Å². The third-order valence-electron chi connectivity index (χ3n) is 7.93. The summed E-state index contributed by atoms with van der Waals surface area (Å²) in [6.07, 6.45) is 3.28. The number of H-pyrrole nitrogens is 1. The average Bonchev–Trinajstić information content (AvgIpc) is 3.51. The van der Waals surface area contributed by atoms with E-state index in [-0.39, 0.29) is 17.7 Å². The van der Waals surface area contributed by atoms with Gasteiger partial charge in [-0.2, -0.15) is 17.2 Å². The SMILES string of the molecule is CCOC1CCN(Cc2c(OC)cc(C)c3[nH]ccc23)C(c2ccc(C(=O)Oc3c(F)c(F)c(S(=O)(=O)O)c(F)c3F)cc2)C1. The Kier molecular flexibility index (Phi) is 9.21. The van der Waals surface area contributed by atoms with Gasteiger partial charge in [0, 0.05) is 48.4 Å². The normalized spacial score (nSPS) is 17.5. The van der Waals surface area contributed by atoms with Crippen molar-refractivity contribution in [1.82, 2.24) is 9.88 Å². The molecule has 1 aromatic heterocycles. The molecule has 2 heterocycles. The number of aryl methyl sites for hydroxylation is 1. The van der Waals surface area contributed by atoms with Gasteiger partial charge in [0.05, 0.1) is 18.8 Å². The number of carbonyl (C=O) groups is 1. The molecule has 4 aromatic rings. The number of benzene rings is 3. The molecular weight excluding hydrogens is 620 g/mol. The zero-order chi connectivity index (χ0) is 32.6. The summed E-state index contributed by atoms with van der Waals surface area (Å²) in [5.41, 5.74) is 3.66. The molecule has 2 atom stereocenters. The van der Waals surface area contributed by atoms with Crippen LogP contribution in [0.5, 0.6) is 11.5 Å². The fourth-order valence-electron chi connectivity index (χ4n) is 5.79. The van der Waals surface area contributed by atoms with Crippen molar-refractivity contribution in [2.45, 2.75) is 50.3 Å². The monoisotopic (exact) mass is 650 g/mol. The summed E-state index contributed by atoms with van der Waals surface area (Å²) in [5, 5.41) is 1.03. The van der Waals surface area contributed by atoms with Gasteiger partial charge in [-0.05, 0) is 62.1 Å². The quantitative estimate of drug-likeness (QED) is 0.0718. The first-order chi connectivity index (χ1) is 21.3. The van der Waals surface area contributed by atoms with E-state index in [9.17, 15) is 30.8 Å². The zero-order valence-corrected chi connectivity index (χ0v) is 25.3. The van der Waals surface area contributed by atoms with Crippen molar-refractivity contribution in [2.24, 2.45) is 0 Å². The minimum atomic E-state index is -5.66. The Morgan fingerprint density at radius 1 is 1.07 bits per heavy atom. The number of hydrogen-bond acceptors (Lipinski definition) is 7. The van der Waals surface area contributed by atoms with Crippen LogP contribution in [0.25, 0.3) is 10.9 Å². The number of halogens is 4. The molecule has 5 rings (SSSR count). The lowest BCUT2D eigenvalue weighted by molar-refractivity contribution is -0.0138. The fourth-order valence-corrected chi connectivity index (χ4v) is 6.42. The van der Waals surface area contributed by atoms with E-state index in [0.717, 1.165) is 39.8 Å². The van der Waals surface area contributed by atoms with Crippen molar-refractivity contribution < 1.29 is 49.5 Å². The number of aromatic nitrogens is 1. The molecule has 2 unspecified atom stereocenters. The Morgan fingerprint density at radius 3 is 2.33 bits per heavy atom. The summed E-state index contributed by atoms with van der Waals surface area (Å²) in [4.78, 5) is 16.1. The highest BCUT2D eigenvalue weighted by Crippen LogP contribution is 2.38. The van der Waals surface area contributed by atoms with Crippen LogP contribution in [0.1, 0.15) is 52.9 Å². The van der Waals surface area contributed by atoms with Gasteiger partial charge in [0.1, 0.15) is 5.75 Å². The number of piperidine rings is 1. The van der Waals surface area contributed by atoms with Gasteiger partial charge in [-0.3, -0.25) is 9.45 Å². The van der Waals surface area contributed by atoms with E-state index >= 15 is 0 Å². The van der Waals surface area contributed by atoms with Crippen LogP contribution in [0.15, 0.2) is 47.5 Å². The summed E-state index contributed by atoms with van der Waals surface area (Å²) >= 11 is 0. The molecule has 2 N–H and O–H groups in total. The van der Waals surface area contributed by atoms with Gasteiger partial charge in [-0.25, -0.2) is 13.6 Å². The van der Waals surface area contributed by atoms with E-state index < -0.39 is 50.0 Å². The summed E-state index contributed by atoms with van der Waals surface area (Å²) in [7, 11) is -4.04. The highest BCUT2D eigenvalue weighted by molar-refractivity contribution is 7.85. The number of fused-ring (bicyclic) bond motifs is 1. The lowest BCUT2D eigenvalue weighted by atomic mass is 9.91. The first-order valence-electron chi connectivity index (χ1n) is 14.0. The minimum absolute atomic E-state index is 0.0190. The Morgan fingerprint density at radius 2 is 1.73 bits per heavy atom. The number of carbonyl (C=O) groups excluding carboxylic acids is 1. The third-order valence-corrected chi connectivity index (χ3v) is 8.80. The second-order valence-electron chi connectivity index (χ2n) is 10.6. The van der Waals surface area contributed by atoms with Crippen LogP contribution in [-0.4, -0.2) is 55.2 Å². The van der Waals surface area contributed by atoms with Crippen molar-refractivity contribution in [1.29, 1.82) is 0 Å². The lowest BCUT2D eigenvalue weighted by Gasteiger charge is -2.40. The average molecular weight is 651 g/mol. The maximum atomic E-state index is 14.4. The number of nitrogens with zero attached hydrogens (tertiary/aromatic N) is 1. The molecule has 3 aromatic carbocycles. The highest BCUT2D eigenvalue weighted by atomic mass is 32.2. The minimum Gasteiger partial charge on any atom is -0.496 e. The van der Waals surface area contributed by atoms with Crippen molar-refractivity contribution in [3.05, 3.63) is 88.1 Å². The number of methoxy groups -OCH3 is 1. The molecule has 9 nitrogen and oxygen atoms in total. The second-order valence-corrected chi connectivity index (χ2v) is 12.0. The van der Waals surface area contributed by atoms with Gasteiger partial charge < -0.3 is 19.2 Å². The van der Waals surface area contributed by atoms with Gasteiger partial charge in [-0.15, -0.1) is 0 Å². The maximum Gasteiger partial charge on any atom is 0.343 e. The Bertz CT molecular complexity index is 1830. The van der Waals surface area contributed by atoms with Gasteiger partial charge in [0.2, 0.25) is 17.4 Å². The van der Waals surface area contributed by atoms with Crippen molar-refractivity contribution in [2.75, 3.05) is 20.3 Å².